The minimum absolute atomic E-state index is 0.182. The Morgan fingerprint density at radius 2 is 2.00 bits per heavy atom. The maximum Gasteiger partial charge on any atom is 0.253 e. The molecule has 0 atom stereocenters. The zero-order chi connectivity index (χ0) is 19.0. The fraction of sp³-hybridized carbons (Fsp3) is 0.412. The van der Waals surface area contributed by atoms with Crippen molar-refractivity contribution in [1.29, 1.82) is 0 Å². The van der Waals surface area contributed by atoms with Gasteiger partial charge in [-0.25, -0.2) is 28.4 Å². The quantitative estimate of drug-likeness (QED) is 0.745. The van der Waals surface area contributed by atoms with Gasteiger partial charge in [-0.3, -0.25) is 0 Å². The average molecular weight is 376 g/mol. The molecule has 3 aromatic heterocycles. The zero-order valence-electron chi connectivity index (χ0n) is 14.6. The van der Waals surface area contributed by atoms with Crippen LogP contribution in [0.4, 0.5) is 14.6 Å². The van der Waals surface area contributed by atoms with Gasteiger partial charge in [0.15, 0.2) is 5.65 Å². The number of nitrogens with two attached hydrogens (primary N) is 1. The van der Waals surface area contributed by atoms with E-state index in [-0.39, 0.29) is 36.5 Å². The Morgan fingerprint density at radius 1 is 1.22 bits per heavy atom. The van der Waals surface area contributed by atoms with E-state index in [9.17, 15) is 8.78 Å². The third kappa shape index (κ3) is 3.34. The molecule has 1 saturated carbocycles. The standard InChI is InChI=1S/C17H18F2N6O2/c1-26-11-4-7-21-12(8-11)27-16-13-14(20)22-9-23-15(13)25(24-16)10-2-5-17(18,19)6-3-10/h4,7-10H,2-3,5-6H2,1H3,(H2,20,22,23). The second-order valence-corrected chi connectivity index (χ2v) is 6.43. The third-order valence-corrected chi connectivity index (χ3v) is 4.66. The number of anilines is 1. The largest absolute Gasteiger partial charge is 0.497 e. The maximum atomic E-state index is 13.5. The lowest BCUT2D eigenvalue weighted by molar-refractivity contribution is -0.0446. The molecule has 8 nitrogen and oxygen atoms in total. The highest BCUT2D eigenvalue weighted by molar-refractivity contribution is 5.90. The highest BCUT2D eigenvalue weighted by Crippen LogP contribution is 2.41. The van der Waals surface area contributed by atoms with Gasteiger partial charge in [0.2, 0.25) is 11.8 Å². The number of rotatable bonds is 4. The van der Waals surface area contributed by atoms with Crippen LogP contribution in [-0.2, 0) is 0 Å². The van der Waals surface area contributed by atoms with Crippen LogP contribution in [0.5, 0.6) is 17.5 Å². The van der Waals surface area contributed by atoms with E-state index < -0.39 is 5.92 Å². The number of methoxy groups -OCH3 is 1. The average Bonchev–Trinajstić information content (AvgIpc) is 3.01. The van der Waals surface area contributed by atoms with Crippen molar-refractivity contribution in [3.05, 3.63) is 24.7 Å². The molecule has 3 aromatic rings. The Morgan fingerprint density at radius 3 is 2.74 bits per heavy atom. The normalized spacial score (nSPS) is 17.1. The summed E-state index contributed by atoms with van der Waals surface area (Å²) in [5.74, 6) is -1.41. The van der Waals surface area contributed by atoms with Crippen molar-refractivity contribution >= 4 is 16.9 Å². The Hall–Kier alpha value is -3.04. The summed E-state index contributed by atoms with van der Waals surface area (Å²) < 4.78 is 39.6. The molecule has 1 aliphatic rings. The third-order valence-electron chi connectivity index (χ3n) is 4.66. The van der Waals surface area contributed by atoms with Crippen LogP contribution in [0.1, 0.15) is 31.7 Å². The molecule has 1 aliphatic carbocycles. The number of ether oxygens (including phenoxy) is 2. The Balaban J connectivity index is 1.73. The van der Waals surface area contributed by atoms with E-state index in [0.717, 1.165) is 0 Å². The van der Waals surface area contributed by atoms with Crippen LogP contribution in [-0.4, -0.2) is 37.8 Å². The van der Waals surface area contributed by atoms with Gasteiger partial charge in [0, 0.05) is 25.1 Å². The Kier molecular flexibility index (Phi) is 4.25. The lowest BCUT2D eigenvalue weighted by Gasteiger charge is -2.28. The molecule has 0 saturated heterocycles. The number of hydrogen-bond donors (Lipinski definition) is 1. The monoisotopic (exact) mass is 376 g/mol. The van der Waals surface area contributed by atoms with Gasteiger partial charge in [-0.2, -0.15) is 0 Å². The molecule has 0 unspecified atom stereocenters. The molecule has 0 amide bonds. The number of nitrogens with zero attached hydrogens (tertiary/aromatic N) is 5. The summed E-state index contributed by atoms with van der Waals surface area (Å²) in [6.45, 7) is 0. The number of nitrogen functional groups attached to an aromatic ring is 1. The first-order valence-corrected chi connectivity index (χ1v) is 8.51. The van der Waals surface area contributed by atoms with Crippen LogP contribution in [0.15, 0.2) is 24.7 Å². The molecule has 1 fully saturated rings. The number of halogens is 2. The number of hydrogen-bond acceptors (Lipinski definition) is 7. The summed E-state index contributed by atoms with van der Waals surface area (Å²) in [6, 6.07) is 3.08. The topological polar surface area (TPSA) is 101 Å². The van der Waals surface area contributed by atoms with Crippen molar-refractivity contribution in [3.8, 4) is 17.5 Å². The SMILES string of the molecule is COc1ccnc(Oc2nn(C3CCC(F)(F)CC3)c3ncnc(N)c23)c1. The van der Waals surface area contributed by atoms with Gasteiger partial charge in [0.25, 0.3) is 5.88 Å². The second-order valence-electron chi connectivity index (χ2n) is 6.43. The van der Waals surface area contributed by atoms with Crippen LogP contribution in [0.2, 0.25) is 0 Å². The van der Waals surface area contributed by atoms with Crippen molar-refractivity contribution in [2.75, 3.05) is 12.8 Å². The highest BCUT2D eigenvalue weighted by atomic mass is 19.3. The molecule has 0 bridgehead atoms. The lowest BCUT2D eigenvalue weighted by atomic mass is 9.92. The van der Waals surface area contributed by atoms with Gasteiger partial charge in [0.05, 0.1) is 13.2 Å². The van der Waals surface area contributed by atoms with Crippen LogP contribution in [0, 0.1) is 0 Å². The Bertz CT molecular complexity index is 967. The maximum absolute atomic E-state index is 13.5. The summed E-state index contributed by atoms with van der Waals surface area (Å²) in [4.78, 5) is 12.4. The molecule has 0 radical (unpaired) electrons. The first-order valence-electron chi connectivity index (χ1n) is 8.51. The van der Waals surface area contributed by atoms with Crippen molar-refractivity contribution in [2.45, 2.75) is 37.6 Å². The number of aromatic nitrogens is 5. The van der Waals surface area contributed by atoms with E-state index in [0.29, 0.717) is 29.6 Å². The fourth-order valence-electron chi connectivity index (χ4n) is 3.23. The minimum Gasteiger partial charge on any atom is -0.497 e. The summed E-state index contributed by atoms with van der Waals surface area (Å²) in [7, 11) is 1.54. The van der Waals surface area contributed by atoms with Crippen molar-refractivity contribution in [2.24, 2.45) is 0 Å². The second kappa shape index (κ2) is 6.60. The summed E-state index contributed by atoms with van der Waals surface area (Å²) in [5, 5.41) is 4.89. The fourth-order valence-corrected chi connectivity index (χ4v) is 3.23. The summed E-state index contributed by atoms with van der Waals surface area (Å²) in [5.41, 5.74) is 6.46. The molecule has 0 spiro atoms. The predicted octanol–water partition coefficient (Wildman–Crippen LogP) is 3.35. The summed E-state index contributed by atoms with van der Waals surface area (Å²) >= 11 is 0. The zero-order valence-corrected chi connectivity index (χ0v) is 14.6. The molecule has 3 heterocycles. The number of fused-ring (bicyclic) bond motifs is 1. The minimum atomic E-state index is -2.63. The molecule has 4 rings (SSSR count). The molecule has 142 valence electrons. The van der Waals surface area contributed by atoms with Gasteiger partial charge in [-0.15, -0.1) is 5.10 Å². The Labute approximate surface area is 153 Å². The first kappa shape index (κ1) is 17.4. The van der Waals surface area contributed by atoms with Crippen LogP contribution in [0.25, 0.3) is 11.0 Å². The smallest absolute Gasteiger partial charge is 0.253 e. The molecule has 10 heteroatoms. The number of alkyl halides is 2. The highest BCUT2D eigenvalue weighted by Gasteiger charge is 2.37. The van der Waals surface area contributed by atoms with Crippen molar-refractivity contribution in [3.63, 3.8) is 0 Å². The van der Waals surface area contributed by atoms with Gasteiger partial charge in [0.1, 0.15) is 23.3 Å². The van der Waals surface area contributed by atoms with E-state index in [1.807, 2.05) is 0 Å². The molecular formula is C17H18F2N6O2. The van der Waals surface area contributed by atoms with Gasteiger partial charge < -0.3 is 15.2 Å². The van der Waals surface area contributed by atoms with Gasteiger partial charge >= 0.3 is 0 Å². The van der Waals surface area contributed by atoms with Crippen LogP contribution < -0.4 is 15.2 Å². The molecule has 27 heavy (non-hydrogen) atoms. The summed E-state index contributed by atoms with van der Waals surface area (Å²) in [6.07, 6.45) is 3.08. The van der Waals surface area contributed by atoms with Gasteiger partial charge in [-0.1, -0.05) is 0 Å². The van der Waals surface area contributed by atoms with E-state index in [4.69, 9.17) is 15.2 Å². The van der Waals surface area contributed by atoms with Crippen molar-refractivity contribution < 1.29 is 18.3 Å². The lowest BCUT2D eigenvalue weighted by Crippen LogP contribution is -2.26. The predicted molar refractivity (Wildman–Crippen MR) is 93.1 cm³/mol. The van der Waals surface area contributed by atoms with Crippen LogP contribution >= 0.6 is 0 Å². The first-order chi connectivity index (χ1) is 13.0. The molecule has 0 aromatic carbocycles. The van der Waals surface area contributed by atoms with Gasteiger partial charge in [-0.05, 0) is 18.9 Å². The van der Waals surface area contributed by atoms with Crippen LogP contribution in [0.3, 0.4) is 0 Å². The van der Waals surface area contributed by atoms with E-state index >= 15 is 0 Å². The van der Waals surface area contributed by atoms with E-state index in [2.05, 4.69) is 20.1 Å². The van der Waals surface area contributed by atoms with E-state index in [1.165, 1.54) is 19.6 Å². The number of pyridine rings is 1. The molecular weight excluding hydrogens is 358 g/mol. The molecule has 2 N–H and O–H groups in total. The molecule has 0 aliphatic heterocycles. The van der Waals surface area contributed by atoms with E-state index in [1.54, 1.807) is 16.8 Å². The van der Waals surface area contributed by atoms with Crippen molar-refractivity contribution in [1.82, 2.24) is 24.7 Å².